The van der Waals surface area contributed by atoms with Gasteiger partial charge in [0, 0.05) is 10.2 Å². The van der Waals surface area contributed by atoms with Crippen LogP contribution >= 0.6 is 15.9 Å². The summed E-state index contributed by atoms with van der Waals surface area (Å²) in [5.41, 5.74) is 4.17. The number of carbonyl (C=O) groups is 1. The number of hydrogen-bond acceptors (Lipinski definition) is 2. The van der Waals surface area contributed by atoms with Gasteiger partial charge in [0.1, 0.15) is 0 Å². The van der Waals surface area contributed by atoms with Crippen LogP contribution in [0.25, 0.3) is 0 Å². The van der Waals surface area contributed by atoms with E-state index in [1.54, 1.807) is 0 Å². The van der Waals surface area contributed by atoms with Crippen molar-refractivity contribution in [2.45, 2.75) is 20.8 Å². The highest BCUT2D eigenvalue weighted by Gasteiger charge is 2.11. The van der Waals surface area contributed by atoms with Gasteiger partial charge in [-0.05, 0) is 61.0 Å². The first kappa shape index (κ1) is 13.7. The molecule has 0 aliphatic rings. The molecular formula is C15H15BrN2O. The van der Waals surface area contributed by atoms with E-state index >= 15 is 0 Å². The zero-order valence-electron chi connectivity index (χ0n) is 11.1. The van der Waals surface area contributed by atoms with Crippen molar-refractivity contribution in [1.29, 1.82) is 0 Å². The Morgan fingerprint density at radius 2 is 1.89 bits per heavy atom. The highest BCUT2D eigenvalue weighted by molar-refractivity contribution is 9.10. The van der Waals surface area contributed by atoms with Gasteiger partial charge in [0.25, 0.3) is 5.91 Å². The van der Waals surface area contributed by atoms with Gasteiger partial charge in [-0.15, -0.1) is 0 Å². The Balaban J connectivity index is 2.28. The first-order valence-electron chi connectivity index (χ1n) is 5.99. The number of hydrogen-bond donors (Lipinski definition) is 1. The Hall–Kier alpha value is -1.68. The van der Waals surface area contributed by atoms with Crippen LogP contribution in [-0.2, 0) is 0 Å². The summed E-state index contributed by atoms with van der Waals surface area (Å²) in [7, 11) is 0. The SMILES string of the molecule is Cc1ccc(Br)c(C(=O)Nc2ccc(C)nc2C)c1. The topological polar surface area (TPSA) is 42.0 Å². The zero-order valence-corrected chi connectivity index (χ0v) is 12.7. The van der Waals surface area contributed by atoms with Crippen LogP contribution in [0.15, 0.2) is 34.8 Å². The van der Waals surface area contributed by atoms with Gasteiger partial charge in [0.15, 0.2) is 0 Å². The van der Waals surface area contributed by atoms with Crippen molar-refractivity contribution in [3.8, 4) is 0 Å². The van der Waals surface area contributed by atoms with Gasteiger partial charge in [0.2, 0.25) is 0 Å². The molecule has 0 bridgehead atoms. The fraction of sp³-hybridized carbons (Fsp3) is 0.200. The molecule has 0 unspecified atom stereocenters. The van der Waals surface area contributed by atoms with Crippen molar-refractivity contribution in [2.24, 2.45) is 0 Å². The van der Waals surface area contributed by atoms with E-state index in [4.69, 9.17) is 0 Å². The number of aryl methyl sites for hydroxylation is 3. The molecule has 1 heterocycles. The second-order valence-corrected chi connectivity index (χ2v) is 5.38. The van der Waals surface area contributed by atoms with Crippen molar-refractivity contribution in [3.63, 3.8) is 0 Å². The quantitative estimate of drug-likeness (QED) is 0.908. The Morgan fingerprint density at radius 1 is 1.16 bits per heavy atom. The molecule has 4 heteroatoms. The van der Waals surface area contributed by atoms with E-state index in [0.717, 1.165) is 27.1 Å². The van der Waals surface area contributed by atoms with E-state index in [2.05, 4.69) is 26.2 Å². The van der Waals surface area contributed by atoms with Gasteiger partial charge in [-0.3, -0.25) is 9.78 Å². The molecule has 1 amide bonds. The molecule has 1 aromatic heterocycles. The molecule has 0 atom stereocenters. The first-order chi connectivity index (χ1) is 8.97. The van der Waals surface area contributed by atoms with Crippen LogP contribution < -0.4 is 5.32 Å². The molecule has 0 radical (unpaired) electrons. The monoisotopic (exact) mass is 318 g/mol. The van der Waals surface area contributed by atoms with Gasteiger partial charge < -0.3 is 5.32 Å². The summed E-state index contributed by atoms with van der Waals surface area (Å²) in [4.78, 5) is 16.6. The highest BCUT2D eigenvalue weighted by Crippen LogP contribution is 2.20. The van der Waals surface area contributed by atoms with Crippen LogP contribution in [0.4, 0.5) is 5.69 Å². The van der Waals surface area contributed by atoms with Crippen LogP contribution in [0.3, 0.4) is 0 Å². The molecule has 0 fully saturated rings. The summed E-state index contributed by atoms with van der Waals surface area (Å²) in [6.45, 7) is 5.77. The molecule has 1 aromatic carbocycles. The second kappa shape index (κ2) is 5.53. The van der Waals surface area contributed by atoms with Gasteiger partial charge in [-0.1, -0.05) is 11.6 Å². The Labute approximate surface area is 121 Å². The molecule has 19 heavy (non-hydrogen) atoms. The lowest BCUT2D eigenvalue weighted by Gasteiger charge is -2.10. The molecular weight excluding hydrogens is 304 g/mol. The number of nitrogens with one attached hydrogen (secondary N) is 1. The Kier molecular flexibility index (Phi) is 4.00. The number of aromatic nitrogens is 1. The third-order valence-electron chi connectivity index (χ3n) is 2.84. The molecule has 0 saturated heterocycles. The molecule has 1 N–H and O–H groups in total. The standard InChI is InChI=1S/C15H15BrN2O/c1-9-4-6-13(16)12(8-9)15(19)18-14-7-5-10(2)17-11(14)3/h4-8H,1-3H3,(H,18,19). The van der Waals surface area contributed by atoms with Crippen molar-refractivity contribution >= 4 is 27.5 Å². The highest BCUT2D eigenvalue weighted by atomic mass is 79.9. The number of halogens is 1. The van der Waals surface area contributed by atoms with E-state index in [9.17, 15) is 4.79 Å². The number of nitrogens with zero attached hydrogens (tertiary/aromatic N) is 1. The minimum absolute atomic E-state index is 0.135. The predicted octanol–water partition coefficient (Wildman–Crippen LogP) is 4.02. The molecule has 98 valence electrons. The predicted molar refractivity (Wildman–Crippen MR) is 80.5 cm³/mol. The lowest BCUT2D eigenvalue weighted by atomic mass is 10.1. The molecule has 3 nitrogen and oxygen atoms in total. The van der Waals surface area contributed by atoms with E-state index in [-0.39, 0.29) is 5.91 Å². The normalized spacial score (nSPS) is 10.3. The number of amides is 1. The maximum atomic E-state index is 12.3. The third-order valence-corrected chi connectivity index (χ3v) is 3.53. The molecule has 0 spiro atoms. The van der Waals surface area contributed by atoms with E-state index < -0.39 is 0 Å². The number of carbonyl (C=O) groups excluding carboxylic acids is 1. The summed E-state index contributed by atoms with van der Waals surface area (Å²) < 4.78 is 0.785. The minimum atomic E-state index is -0.135. The molecule has 0 saturated carbocycles. The van der Waals surface area contributed by atoms with Crippen LogP contribution in [0.2, 0.25) is 0 Å². The fourth-order valence-electron chi connectivity index (χ4n) is 1.82. The maximum Gasteiger partial charge on any atom is 0.256 e. The van der Waals surface area contributed by atoms with E-state index in [0.29, 0.717) is 5.56 Å². The average molecular weight is 319 g/mol. The summed E-state index contributed by atoms with van der Waals surface area (Å²) in [6.07, 6.45) is 0. The van der Waals surface area contributed by atoms with Gasteiger partial charge >= 0.3 is 0 Å². The van der Waals surface area contributed by atoms with Crippen LogP contribution in [-0.4, -0.2) is 10.9 Å². The van der Waals surface area contributed by atoms with Gasteiger partial charge in [-0.2, -0.15) is 0 Å². The smallest absolute Gasteiger partial charge is 0.256 e. The molecule has 0 aliphatic heterocycles. The first-order valence-corrected chi connectivity index (χ1v) is 6.78. The largest absolute Gasteiger partial charge is 0.320 e. The number of anilines is 1. The lowest BCUT2D eigenvalue weighted by Crippen LogP contribution is -2.14. The van der Waals surface area contributed by atoms with Gasteiger partial charge in [0.05, 0.1) is 16.9 Å². The Morgan fingerprint density at radius 3 is 2.58 bits per heavy atom. The molecule has 2 rings (SSSR count). The minimum Gasteiger partial charge on any atom is -0.320 e. The Bertz CT molecular complexity index is 638. The van der Waals surface area contributed by atoms with Crippen LogP contribution in [0.5, 0.6) is 0 Å². The van der Waals surface area contributed by atoms with Gasteiger partial charge in [-0.25, -0.2) is 0 Å². The maximum absolute atomic E-state index is 12.3. The van der Waals surface area contributed by atoms with Crippen molar-refractivity contribution in [2.75, 3.05) is 5.32 Å². The summed E-state index contributed by atoms with van der Waals surface area (Å²) in [5.74, 6) is -0.135. The lowest BCUT2D eigenvalue weighted by molar-refractivity contribution is 0.102. The van der Waals surface area contributed by atoms with Crippen molar-refractivity contribution in [3.05, 3.63) is 57.3 Å². The summed E-state index contributed by atoms with van der Waals surface area (Å²) >= 11 is 3.40. The van der Waals surface area contributed by atoms with Crippen LogP contribution in [0, 0.1) is 20.8 Å². The van der Waals surface area contributed by atoms with Crippen LogP contribution in [0.1, 0.15) is 27.3 Å². The fourth-order valence-corrected chi connectivity index (χ4v) is 2.25. The molecule has 0 aliphatic carbocycles. The number of pyridine rings is 1. The average Bonchev–Trinajstić information content (AvgIpc) is 2.35. The second-order valence-electron chi connectivity index (χ2n) is 4.52. The number of rotatable bonds is 2. The van der Waals surface area contributed by atoms with Crippen molar-refractivity contribution < 1.29 is 4.79 Å². The van der Waals surface area contributed by atoms with E-state index in [1.807, 2.05) is 51.1 Å². The third kappa shape index (κ3) is 3.20. The molecule has 2 aromatic rings. The van der Waals surface area contributed by atoms with Crippen molar-refractivity contribution in [1.82, 2.24) is 4.98 Å². The number of benzene rings is 1. The summed E-state index contributed by atoms with van der Waals surface area (Å²) in [5, 5.41) is 2.89. The zero-order chi connectivity index (χ0) is 14.0. The summed E-state index contributed by atoms with van der Waals surface area (Å²) in [6, 6.07) is 9.45. The van der Waals surface area contributed by atoms with E-state index in [1.165, 1.54) is 0 Å².